The van der Waals surface area contributed by atoms with Crippen LogP contribution in [0.1, 0.15) is 63.5 Å². The lowest BCUT2D eigenvalue weighted by Gasteiger charge is -2.19. The Kier molecular flexibility index (Phi) is 5.22. The van der Waals surface area contributed by atoms with Gasteiger partial charge in [0.05, 0.1) is 0 Å². The van der Waals surface area contributed by atoms with Crippen LogP contribution in [0.15, 0.2) is 23.2 Å². The van der Waals surface area contributed by atoms with Gasteiger partial charge in [-0.05, 0) is 29.4 Å². The molecule has 1 fully saturated rings. The topological polar surface area (TPSA) is 44.7 Å². The fourth-order valence-electron chi connectivity index (χ4n) is 2.88. The zero-order valence-corrected chi connectivity index (χ0v) is 14.3. The van der Waals surface area contributed by atoms with Crippen molar-refractivity contribution in [2.75, 3.05) is 18.9 Å². The van der Waals surface area contributed by atoms with Gasteiger partial charge in [-0.15, -0.1) is 0 Å². The van der Waals surface area contributed by atoms with Crippen molar-refractivity contribution in [3.8, 4) is 0 Å². The molecule has 0 aliphatic carbocycles. The van der Waals surface area contributed by atoms with Crippen molar-refractivity contribution in [2.24, 2.45) is 4.99 Å². The Morgan fingerprint density at radius 3 is 2.23 bits per heavy atom. The van der Waals surface area contributed by atoms with Crippen LogP contribution in [0.2, 0.25) is 0 Å². The summed E-state index contributed by atoms with van der Waals surface area (Å²) in [7, 11) is 1.99. The molecule has 120 valence electrons. The highest BCUT2D eigenvalue weighted by Gasteiger charge is 2.18. The van der Waals surface area contributed by atoms with Gasteiger partial charge in [0.25, 0.3) is 0 Å². The average Bonchev–Trinajstić information content (AvgIpc) is 2.83. The Bertz CT molecular complexity index is 549. The first kappa shape index (κ1) is 16.5. The highest BCUT2D eigenvalue weighted by atomic mass is 16.2. The molecule has 1 heterocycles. The zero-order valence-electron chi connectivity index (χ0n) is 14.3. The van der Waals surface area contributed by atoms with Gasteiger partial charge >= 0.3 is 6.03 Å². The number of likely N-dealkylation sites (tertiary alicyclic amines) is 1. The molecule has 1 aliphatic heterocycles. The largest absolute Gasteiger partial charge is 0.363 e. The maximum Gasteiger partial charge on any atom is 0.347 e. The Hall–Kier alpha value is -1.84. The predicted octanol–water partition coefficient (Wildman–Crippen LogP) is 4.59. The lowest BCUT2D eigenvalue weighted by atomic mass is 9.93. The van der Waals surface area contributed by atoms with E-state index in [-0.39, 0.29) is 6.03 Å². The molecule has 1 aromatic carbocycles. The summed E-state index contributed by atoms with van der Waals surface area (Å²) in [6, 6.07) is 5.97. The van der Waals surface area contributed by atoms with Gasteiger partial charge in [-0.3, -0.25) is 0 Å². The zero-order chi connectivity index (χ0) is 16.3. The van der Waals surface area contributed by atoms with Crippen molar-refractivity contribution in [2.45, 2.75) is 52.4 Å². The Balaban J connectivity index is 2.29. The second kappa shape index (κ2) is 6.95. The molecule has 0 radical (unpaired) electrons. The number of rotatable bonds is 3. The van der Waals surface area contributed by atoms with E-state index < -0.39 is 0 Å². The maximum atomic E-state index is 12.3. The number of aliphatic imine (C=N–C) groups is 1. The van der Waals surface area contributed by atoms with Gasteiger partial charge in [0, 0.05) is 25.7 Å². The number of benzene rings is 1. The van der Waals surface area contributed by atoms with Crippen molar-refractivity contribution in [3.63, 3.8) is 0 Å². The number of amidine groups is 1. The van der Waals surface area contributed by atoms with Gasteiger partial charge < -0.3 is 10.2 Å². The smallest absolute Gasteiger partial charge is 0.347 e. The number of nitrogens with one attached hydrogen (secondary N) is 1. The lowest BCUT2D eigenvalue weighted by molar-refractivity contribution is 0.259. The molecule has 1 aliphatic rings. The third-order valence-corrected chi connectivity index (χ3v) is 4.17. The monoisotopic (exact) mass is 301 g/mol. The van der Waals surface area contributed by atoms with Crippen molar-refractivity contribution in [3.05, 3.63) is 29.3 Å². The average molecular weight is 301 g/mol. The minimum Gasteiger partial charge on any atom is -0.363 e. The van der Waals surface area contributed by atoms with Gasteiger partial charge in [0.15, 0.2) is 0 Å². The molecule has 1 N–H and O–H groups in total. The molecule has 4 nitrogen and oxygen atoms in total. The summed E-state index contributed by atoms with van der Waals surface area (Å²) in [5.41, 5.74) is 3.27. The second-order valence-corrected chi connectivity index (χ2v) is 6.60. The summed E-state index contributed by atoms with van der Waals surface area (Å²) < 4.78 is 0. The second-order valence-electron chi connectivity index (χ2n) is 6.60. The predicted molar refractivity (Wildman–Crippen MR) is 92.9 cm³/mol. The van der Waals surface area contributed by atoms with E-state index in [4.69, 9.17) is 0 Å². The summed E-state index contributed by atoms with van der Waals surface area (Å²) in [4.78, 5) is 18.6. The van der Waals surface area contributed by atoms with Crippen LogP contribution < -0.4 is 5.32 Å². The van der Waals surface area contributed by atoms with Gasteiger partial charge in [-0.2, -0.15) is 4.99 Å². The van der Waals surface area contributed by atoms with Crippen LogP contribution in [0.3, 0.4) is 0 Å². The molecule has 0 unspecified atom stereocenters. The molecule has 0 spiro atoms. The maximum absolute atomic E-state index is 12.3. The van der Waals surface area contributed by atoms with E-state index in [1.165, 1.54) is 11.1 Å². The number of urea groups is 1. The number of nitrogens with zero attached hydrogens (tertiary/aromatic N) is 2. The third-order valence-electron chi connectivity index (χ3n) is 4.17. The summed E-state index contributed by atoms with van der Waals surface area (Å²) >= 11 is 0. The first-order valence-corrected chi connectivity index (χ1v) is 8.12. The molecule has 0 bridgehead atoms. The molecule has 2 amide bonds. The minimum atomic E-state index is -0.265. The lowest BCUT2D eigenvalue weighted by Crippen LogP contribution is -2.22. The fraction of sp³-hybridized carbons (Fsp3) is 0.556. The van der Waals surface area contributed by atoms with E-state index in [2.05, 4.69) is 61.1 Å². The van der Waals surface area contributed by atoms with Gasteiger partial charge in [-0.25, -0.2) is 4.79 Å². The summed E-state index contributed by atoms with van der Waals surface area (Å²) in [5.74, 6) is 1.59. The van der Waals surface area contributed by atoms with Crippen molar-refractivity contribution < 1.29 is 4.79 Å². The number of amides is 2. The molecule has 0 aromatic heterocycles. The summed E-state index contributed by atoms with van der Waals surface area (Å²) in [6.07, 6.45) is 1.95. The van der Waals surface area contributed by atoms with Crippen LogP contribution in [0, 0.1) is 0 Å². The van der Waals surface area contributed by atoms with Crippen LogP contribution in [0.4, 0.5) is 10.5 Å². The van der Waals surface area contributed by atoms with E-state index in [1.54, 1.807) is 0 Å². The number of carbonyl (C=O) groups is 1. The quantitative estimate of drug-likeness (QED) is 0.887. The number of anilines is 1. The van der Waals surface area contributed by atoms with Crippen LogP contribution in [0.25, 0.3) is 0 Å². The van der Waals surface area contributed by atoms with Crippen LogP contribution in [0.5, 0.6) is 0 Å². The number of carbonyl (C=O) groups excluding carboxylic acids is 1. The van der Waals surface area contributed by atoms with E-state index in [1.807, 2.05) is 7.05 Å². The van der Waals surface area contributed by atoms with Crippen LogP contribution in [-0.2, 0) is 0 Å². The van der Waals surface area contributed by atoms with Crippen LogP contribution >= 0.6 is 0 Å². The van der Waals surface area contributed by atoms with Gasteiger partial charge in [0.1, 0.15) is 5.84 Å². The molecular formula is C18H27N3O. The molecular weight excluding hydrogens is 274 g/mol. The molecule has 1 aromatic rings. The Morgan fingerprint density at radius 1 is 1.18 bits per heavy atom. The first-order chi connectivity index (χ1) is 10.4. The highest BCUT2D eigenvalue weighted by molar-refractivity contribution is 6.01. The molecule has 1 saturated heterocycles. The number of hydrogen-bond acceptors (Lipinski definition) is 1. The van der Waals surface area contributed by atoms with Crippen LogP contribution in [-0.4, -0.2) is 30.4 Å². The van der Waals surface area contributed by atoms with E-state index in [0.29, 0.717) is 11.8 Å². The molecule has 0 atom stereocenters. The van der Waals surface area contributed by atoms with Crippen molar-refractivity contribution >= 4 is 17.6 Å². The van der Waals surface area contributed by atoms with E-state index >= 15 is 0 Å². The molecule has 0 saturated carbocycles. The molecule has 4 heteroatoms. The van der Waals surface area contributed by atoms with Crippen molar-refractivity contribution in [1.29, 1.82) is 0 Å². The third kappa shape index (κ3) is 3.67. The van der Waals surface area contributed by atoms with Gasteiger partial charge in [-0.1, -0.05) is 45.9 Å². The standard InChI is InChI=1S/C18H27N3O/c1-12(2)14-8-6-9-15(13(3)4)17(14)20-18(22)19-16-10-7-11-21(16)5/h6,8-9,12-13H,7,10-11H2,1-5H3,(H,20,22)/b19-16-. The fourth-order valence-corrected chi connectivity index (χ4v) is 2.88. The SMILES string of the molecule is CC(C)c1cccc(C(C)C)c1NC(=O)/N=C1/CCCN1C. The van der Waals surface area contributed by atoms with E-state index in [9.17, 15) is 4.79 Å². The molecule has 2 rings (SSSR count). The summed E-state index contributed by atoms with van der Waals surface area (Å²) in [6.45, 7) is 9.56. The first-order valence-electron chi connectivity index (χ1n) is 8.12. The van der Waals surface area contributed by atoms with E-state index in [0.717, 1.165) is 30.9 Å². The highest BCUT2D eigenvalue weighted by Crippen LogP contribution is 2.32. The number of para-hydroxylation sites is 1. The van der Waals surface area contributed by atoms with Crippen molar-refractivity contribution in [1.82, 2.24) is 4.90 Å². The Morgan fingerprint density at radius 2 is 1.77 bits per heavy atom. The normalized spacial score (nSPS) is 16.9. The Labute approximate surface area is 133 Å². The summed E-state index contributed by atoms with van der Waals surface area (Å²) in [5, 5.41) is 3.04. The molecule has 22 heavy (non-hydrogen) atoms. The minimum absolute atomic E-state index is 0.265. The number of hydrogen-bond donors (Lipinski definition) is 1. The van der Waals surface area contributed by atoms with Gasteiger partial charge in [0.2, 0.25) is 0 Å².